The van der Waals surface area contributed by atoms with Crippen molar-refractivity contribution in [3.8, 4) is 11.5 Å². The number of nitrogens with zero attached hydrogens (tertiary/aromatic N) is 1. The number of halogens is 2. The molecule has 2 aromatic rings. The van der Waals surface area contributed by atoms with Crippen molar-refractivity contribution in [2.24, 2.45) is 0 Å². The van der Waals surface area contributed by atoms with Gasteiger partial charge in [-0.3, -0.25) is 14.5 Å². The van der Waals surface area contributed by atoms with Crippen molar-refractivity contribution in [1.29, 1.82) is 0 Å². The molecule has 0 aliphatic carbocycles. The van der Waals surface area contributed by atoms with E-state index in [1.807, 2.05) is 24.3 Å². The average molecular weight is 632 g/mol. The van der Waals surface area contributed by atoms with Gasteiger partial charge in [-0.2, -0.15) is 0 Å². The SMILES string of the molecule is CCOC(=O)COc1c(I)cc(/C=C2/SC(=O)N(Cc3ccc(Br)cc3)C2=O)cc1OC. The lowest BCUT2D eigenvalue weighted by Gasteiger charge is -2.13. The summed E-state index contributed by atoms with van der Waals surface area (Å²) in [5.41, 5.74) is 1.53. The largest absolute Gasteiger partial charge is 0.493 e. The summed E-state index contributed by atoms with van der Waals surface area (Å²) in [5.74, 6) is -0.0170. The zero-order chi connectivity index (χ0) is 23.3. The van der Waals surface area contributed by atoms with Gasteiger partial charge >= 0.3 is 5.97 Å². The summed E-state index contributed by atoms with van der Waals surface area (Å²) in [4.78, 5) is 38.4. The Labute approximate surface area is 211 Å². The van der Waals surface area contributed by atoms with Gasteiger partial charge in [-0.1, -0.05) is 28.1 Å². The average Bonchev–Trinajstić information content (AvgIpc) is 3.01. The van der Waals surface area contributed by atoms with Crippen LogP contribution in [0.4, 0.5) is 4.79 Å². The van der Waals surface area contributed by atoms with Crippen LogP contribution in [0.5, 0.6) is 11.5 Å². The fourth-order valence-corrected chi connectivity index (χ4v) is 4.74. The first-order valence-electron chi connectivity index (χ1n) is 9.48. The number of hydrogen-bond donors (Lipinski definition) is 0. The van der Waals surface area contributed by atoms with Crippen LogP contribution in [-0.2, 0) is 20.9 Å². The van der Waals surface area contributed by atoms with E-state index in [1.165, 1.54) is 12.0 Å². The molecular weight excluding hydrogens is 613 g/mol. The number of carbonyl (C=O) groups excluding carboxylic acids is 3. The van der Waals surface area contributed by atoms with E-state index in [9.17, 15) is 14.4 Å². The third kappa shape index (κ3) is 6.04. The number of hydrogen-bond acceptors (Lipinski definition) is 7. The molecule has 0 radical (unpaired) electrons. The normalized spacial score (nSPS) is 14.8. The van der Waals surface area contributed by atoms with Gasteiger partial charge in [-0.15, -0.1) is 0 Å². The fraction of sp³-hybridized carbons (Fsp3) is 0.227. The highest BCUT2D eigenvalue weighted by molar-refractivity contribution is 14.1. The molecule has 1 fully saturated rings. The number of carbonyl (C=O) groups is 3. The van der Waals surface area contributed by atoms with E-state index in [-0.39, 0.29) is 30.9 Å². The standard InChI is InChI=1S/C22H19BrINO6S/c1-3-30-19(26)12-31-20-16(24)8-14(9-17(20)29-2)10-18-21(27)25(22(28)32-18)11-13-4-6-15(23)7-5-13/h4-10H,3,11-12H2,1-2H3/b18-10+. The molecule has 3 rings (SSSR count). The second-order valence-corrected chi connectivity index (χ2v) is 9.59. The zero-order valence-corrected chi connectivity index (χ0v) is 21.8. The second kappa shape index (κ2) is 11.2. The van der Waals surface area contributed by atoms with Gasteiger partial charge in [0.2, 0.25) is 0 Å². The molecule has 32 heavy (non-hydrogen) atoms. The maximum absolute atomic E-state index is 12.8. The molecule has 1 aliphatic heterocycles. The highest BCUT2D eigenvalue weighted by atomic mass is 127. The minimum atomic E-state index is -0.478. The van der Waals surface area contributed by atoms with E-state index in [4.69, 9.17) is 14.2 Å². The summed E-state index contributed by atoms with van der Waals surface area (Å²) in [5, 5.41) is -0.319. The molecule has 0 aromatic heterocycles. The number of amides is 2. The molecule has 2 amide bonds. The Morgan fingerprint density at radius 2 is 1.94 bits per heavy atom. The third-order valence-electron chi connectivity index (χ3n) is 4.32. The van der Waals surface area contributed by atoms with Crippen LogP contribution in [0.2, 0.25) is 0 Å². The van der Waals surface area contributed by atoms with E-state index < -0.39 is 5.97 Å². The quantitative estimate of drug-likeness (QED) is 0.224. The zero-order valence-electron chi connectivity index (χ0n) is 17.2. The Kier molecular flexibility index (Phi) is 8.60. The lowest BCUT2D eigenvalue weighted by Crippen LogP contribution is -2.27. The molecule has 2 aromatic carbocycles. The van der Waals surface area contributed by atoms with E-state index in [0.717, 1.165) is 21.8 Å². The highest BCUT2D eigenvalue weighted by Crippen LogP contribution is 2.37. The lowest BCUT2D eigenvalue weighted by atomic mass is 10.1. The van der Waals surface area contributed by atoms with Crippen LogP contribution in [0, 0.1) is 3.57 Å². The smallest absolute Gasteiger partial charge is 0.344 e. The predicted octanol–water partition coefficient (Wildman–Crippen LogP) is 5.24. The number of esters is 1. The van der Waals surface area contributed by atoms with Crippen molar-refractivity contribution >= 4 is 73.5 Å². The first-order valence-corrected chi connectivity index (χ1v) is 12.2. The van der Waals surface area contributed by atoms with Crippen LogP contribution < -0.4 is 9.47 Å². The topological polar surface area (TPSA) is 82.1 Å². The van der Waals surface area contributed by atoms with Gasteiger partial charge in [0.1, 0.15) is 0 Å². The van der Waals surface area contributed by atoms with Crippen molar-refractivity contribution in [2.45, 2.75) is 13.5 Å². The summed E-state index contributed by atoms with van der Waals surface area (Å²) in [6.07, 6.45) is 1.65. The summed E-state index contributed by atoms with van der Waals surface area (Å²) in [7, 11) is 1.48. The molecule has 0 N–H and O–H groups in total. The molecule has 1 aliphatic rings. The summed E-state index contributed by atoms with van der Waals surface area (Å²) in [6.45, 7) is 1.95. The van der Waals surface area contributed by atoms with E-state index in [0.29, 0.717) is 25.5 Å². The minimum absolute atomic E-state index is 0.205. The van der Waals surface area contributed by atoms with Crippen LogP contribution in [0.25, 0.3) is 6.08 Å². The third-order valence-corrected chi connectivity index (χ3v) is 6.55. The molecule has 168 valence electrons. The number of imide groups is 1. The predicted molar refractivity (Wildman–Crippen MR) is 133 cm³/mol. The molecule has 0 atom stereocenters. The molecule has 1 saturated heterocycles. The molecule has 0 spiro atoms. The number of thioether (sulfide) groups is 1. The minimum Gasteiger partial charge on any atom is -0.493 e. The Hall–Kier alpha value is -2.05. The van der Waals surface area contributed by atoms with Crippen LogP contribution in [-0.4, -0.2) is 42.3 Å². The lowest BCUT2D eigenvalue weighted by molar-refractivity contribution is -0.145. The van der Waals surface area contributed by atoms with Crippen LogP contribution in [0.3, 0.4) is 0 Å². The molecular formula is C22H19BrINO6S. The van der Waals surface area contributed by atoms with Crippen LogP contribution in [0.15, 0.2) is 45.8 Å². The first-order chi connectivity index (χ1) is 15.3. The highest BCUT2D eigenvalue weighted by Gasteiger charge is 2.35. The van der Waals surface area contributed by atoms with Gasteiger partial charge in [0, 0.05) is 4.47 Å². The number of ether oxygens (including phenoxy) is 3. The van der Waals surface area contributed by atoms with Gasteiger partial charge < -0.3 is 14.2 Å². The Morgan fingerprint density at radius 3 is 2.59 bits per heavy atom. The summed E-state index contributed by atoms with van der Waals surface area (Å²) >= 11 is 6.33. The maximum Gasteiger partial charge on any atom is 0.344 e. The van der Waals surface area contributed by atoms with Gasteiger partial charge in [-0.05, 0) is 82.7 Å². The monoisotopic (exact) mass is 631 g/mol. The van der Waals surface area contributed by atoms with Crippen molar-refractivity contribution in [2.75, 3.05) is 20.3 Å². The Bertz CT molecular complexity index is 1070. The molecule has 0 unspecified atom stereocenters. The molecule has 0 bridgehead atoms. The second-order valence-electron chi connectivity index (χ2n) is 6.52. The Morgan fingerprint density at radius 1 is 1.22 bits per heavy atom. The van der Waals surface area contributed by atoms with Gasteiger partial charge in [0.25, 0.3) is 11.1 Å². The Balaban J connectivity index is 1.79. The first kappa shape index (κ1) is 24.6. The van der Waals surface area contributed by atoms with Crippen molar-refractivity contribution < 1.29 is 28.6 Å². The molecule has 1 heterocycles. The number of benzene rings is 2. The van der Waals surface area contributed by atoms with Gasteiger partial charge in [0.15, 0.2) is 18.1 Å². The van der Waals surface area contributed by atoms with Gasteiger partial charge in [0.05, 0.1) is 28.7 Å². The summed E-state index contributed by atoms with van der Waals surface area (Å²) < 4.78 is 17.4. The van der Waals surface area contributed by atoms with Crippen LogP contribution in [0.1, 0.15) is 18.1 Å². The maximum atomic E-state index is 12.8. The number of rotatable bonds is 8. The van der Waals surface area contributed by atoms with E-state index >= 15 is 0 Å². The van der Waals surface area contributed by atoms with E-state index in [1.54, 1.807) is 25.1 Å². The fourth-order valence-electron chi connectivity index (χ4n) is 2.86. The number of methoxy groups -OCH3 is 1. The van der Waals surface area contributed by atoms with Crippen molar-refractivity contribution in [3.63, 3.8) is 0 Å². The van der Waals surface area contributed by atoms with Crippen molar-refractivity contribution in [3.05, 3.63) is 60.5 Å². The molecule has 7 nitrogen and oxygen atoms in total. The van der Waals surface area contributed by atoms with Gasteiger partial charge in [-0.25, -0.2) is 4.79 Å². The van der Waals surface area contributed by atoms with E-state index in [2.05, 4.69) is 38.5 Å². The molecule has 0 saturated carbocycles. The molecule has 10 heteroatoms. The summed E-state index contributed by atoms with van der Waals surface area (Å²) in [6, 6.07) is 10.9. The van der Waals surface area contributed by atoms with Crippen molar-refractivity contribution in [1.82, 2.24) is 4.90 Å². The van der Waals surface area contributed by atoms with Crippen LogP contribution >= 0.6 is 50.3 Å².